The first-order valence-corrected chi connectivity index (χ1v) is 10.1. The fourth-order valence-corrected chi connectivity index (χ4v) is 3.93. The summed E-state index contributed by atoms with van der Waals surface area (Å²) in [4.78, 5) is 37.8. The van der Waals surface area contributed by atoms with Crippen molar-refractivity contribution in [1.29, 1.82) is 0 Å². The predicted octanol–water partition coefficient (Wildman–Crippen LogP) is 1.66. The van der Waals surface area contributed by atoms with E-state index in [9.17, 15) is 14.4 Å². The third-order valence-corrected chi connectivity index (χ3v) is 5.52. The number of fused-ring (bicyclic) bond motifs is 1. The molecule has 1 aliphatic rings. The van der Waals surface area contributed by atoms with Gasteiger partial charge in [-0.2, -0.15) is 0 Å². The van der Waals surface area contributed by atoms with Gasteiger partial charge in [-0.05, 0) is 48.9 Å². The number of aldehydes is 1. The van der Waals surface area contributed by atoms with E-state index in [1.54, 1.807) is 16.2 Å². The number of ether oxygens (including phenoxy) is 1. The summed E-state index contributed by atoms with van der Waals surface area (Å²) in [6.07, 6.45) is 3.19. The number of rotatable bonds is 10. The maximum absolute atomic E-state index is 12.9. The minimum absolute atomic E-state index is 0.0628. The molecule has 1 fully saturated rings. The zero-order valence-electron chi connectivity index (χ0n) is 17.0. The highest BCUT2D eigenvalue weighted by Crippen LogP contribution is 2.24. The van der Waals surface area contributed by atoms with Gasteiger partial charge in [0.1, 0.15) is 0 Å². The van der Waals surface area contributed by atoms with Gasteiger partial charge < -0.3 is 10.1 Å². The number of aryl methyl sites for hydroxylation is 2. The fourth-order valence-electron chi connectivity index (χ4n) is 3.93. The quantitative estimate of drug-likeness (QED) is 0.158. The van der Waals surface area contributed by atoms with Crippen LogP contribution in [0.25, 0.3) is 21.5 Å². The van der Waals surface area contributed by atoms with Gasteiger partial charge in [-0.25, -0.2) is 4.79 Å². The Labute approximate surface area is 173 Å². The molecule has 10 nitrogen and oxygen atoms in total. The molecule has 3 rings (SSSR count). The van der Waals surface area contributed by atoms with Crippen molar-refractivity contribution in [2.24, 2.45) is 12.2 Å². The second-order valence-electron chi connectivity index (χ2n) is 7.42. The molecular formula is C20H26N6O4. The first kappa shape index (κ1) is 21.8. The van der Waals surface area contributed by atoms with Gasteiger partial charge in [-0.3, -0.25) is 18.7 Å². The second-order valence-corrected chi connectivity index (χ2v) is 7.42. The van der Waals surface area contributed by atoms with Crippen LogP contribution >= 0.6 is 0 Å². The van der Waals surface area contributed by atoms with E-state index in [4.69, 9.17) is 10.3 Å². The normalized spacial score (nSPS) is 18.8. The molecule has 1 saturated heterocycles. The zero-order chi connectivity index (χ0) is 21.5. The van der Waals surface area contributed by atoms with Crippen LogP contribution in [0.2, 0.25) is 0 Å². The van der Waals surface area contributed by atoms with Crippen molar-refractivity contribution in [3.63, 3.8) is 0 Å². The summed E-state index contributed by atoms with van der Waals surface area (Å²) in [7, 11) is 1.76. The Morgan fingerprint density at radius 1 is 1.37 bits per heavy atom. The molecule has 0 saturated carbocycles. The molecule has 2 heterocycles. The largest absolute Gasteiger partial charge is 0.381 e. The minimum Gasteiger partial charge on any atom is -0.381 e. The number of nitrogens with one attached hydrogen (secondary N) is 1. The predicted molar refractivity (Wildman–Crippen MR) is 111 cm³/mol. The van der Waals surface area contributed by atoms with Crippen molar-refractivity contribution < 1.29 is 14.3 Å². The molecule has 1 aromatic heterocycles. The van der Waals surface area contributed by atoms with Gasteiger partial charge in [-0.15, -0.1) is 0 Å². The number of hydrogen-bond acceptors (Lipinski definition) is 6. The molecule has 2 aromatic rings. The van der Waals surface area contributed by atoms with Crippen molar-refractivity contribution in [3.05, 3.63) is 44.7 Å². The highest BCUT2D eigenvalue weighted by Gasteiger charge is 2.28. The van der Waals surface area contributed by atoms with Gasteiger partial charge in [0, 0.05) is 31.7 Å². The summed E-state index contributed by atoms with van der Waals surface area (Å²) in [5.41, 5.74) is 11.0. The Kier molecular flexibility index (Phi) is 7.40. The van der Waals surface area contributed by atoms with Crippen molar-refractivity contribution in [2.45, 2.75) is 37.8 Å². The van der Waals surface area contributed by atoms with Crippen LogP contribution in [0.4, 0.5) is 0 Å². The van der Waals surface area contributed by atoms with Gasteiger partial charge in [-0.1, -0.05) is 11.2 Å². The molecular weight excluding hydrogens is 388 g/mol. The number of aromatic nitrogens is 2. The lowest BCUT2D eigenvalue weighted by Gasteiger charge is -2.28. The summed E-state index contributed by atoms with van der Waals surface area (Å²) in [6.45, 7) is 1.79. The topological polar surface area (TPSA) is 131 Å². The first-order valence-electron chi connectivity index (χ1n) is 10.1. The van der Waals surface area contributed by atoms with E-state index in [-0.39, 0.29) is 11.7 Å². The molecule has 0 radical (unpaired) electrons. The smallest absolute Gasteiger partial charge is 0.329 e. The molecule has 0 aliphatic carbocycles. The highest BCUT2D eigenvalue weighted by atomic mass is 16.5. The SMILES string of the molecule is Cn1c(=O)n(C2CCC(C(=O)C=O)NC2)c2ccc(CCCOCCN=[N+]=[N-])cc21. The summed E-state index contributed by atoms with van der Waals surface area (Å²) >= 11 is 0. The Bertz CT molecular complexity index is 1010. The minimum atomic E-state index is -0.454. The molecule has 30 heavy (non-hydrogen) atoms. The summed E-state index contributed by atoms with van der Waals surface area (Å²) in [5.74, 6) is -0.440. The number of azide groups is 1. The number of benzene rings is 1. The first-order chi connectivity index (χ1) is 14.6. The number of Topliss-reactive ketones (excluding diaryl/α,β-unsaturated/α-hetero) is 1. The monoisotopic (exact) mass is 414 g/mol. The number of nitrogens with zero attached hydrogens (tertiary/aromatic N) is 5. The number of ketones is 1. The number of carbonyl (C=O) groups is 2. The van der Waals surface area contributed by atoms with Crippen LogP contribution in [0.3, 0.4) is 0 Å². The van der Waals surface area contributed by atoms with E-state index in [1.165, 1.54) is 0 Å². The van der Waals surface area contributed by atoms with Crippen LogP contribution in [0.15, 0.2) is 28.1 Å². The summed E-state index contributed by atoms with van der Waals surface area (Å²) in [5, 5.41) is 6.52. The van der Waals surface area contributed by atoms with Crippen LogP contribution in [0.1, 0.15) is 30.9 Å². The van der Waals surface area contributed by atoms with E-state index in [2.05, 4.69) is 15.3 Å². The molecule has 1 aromatic carbocycles. The third kappa shape index (κ3) is 4.79. The van der Waals surface area contributed by atoms with Gasteiger partial charge >= 0.3 is 5.69 Å². The van der Waals surface area contributed by atoms with Crippen molar-refractivity contribution >= 4 is 23.1 Å². The van der Waals surface area contributed by atoms with E-state index in [0.29, 0.717) is 45.4 Å². The van der Waals surface area contributed by atoms with Crippen LogP contribution < -0.4 is 11.0 Å². The molecule has 1 aliphatic heterocycles. The Hall–Kier alpha value is -2.94. The molecule has 1 N–H and O–H groups in total. The summed E-state index contributed by atoms with van der Waals surface area (Å²) in [6, 6.07) is 5.50. The van der Waals surface area contributed by atoms with Crippen molar-refractivity contribution in [2.75, 3.05) is 26.3 Å². The lowest BCUT2D eigenvalue weighted by molar-refractivity contribution is -0.131. The molecule has 0 spiro atoms. The van der Waals surface area contributed by atoms with Crippen LogP contribution in [-0.2, 0) is 27.8 Å². The van der Waals surface area contributed by atoms with Crippen molar-refractivity contribution in [1.82, 2.24) is 14.5 Å². The molecule has 10 heteroatoms. The molecule has 0 bridgehead atoms. The lowest BCUT2D eigenvalue weighted by Crippen LogP contribution is -2.46. The average molecular weight is 414 g/mol. The maximum Gasteiger partial charge on any atom is 0.329 e. The Morgan fingerprint density at radius 2 is 2.20 bits per heavy atom. The van der Waals surface area contributed by atoms with Crippen LogP contribution in [0, 0.1) is 0 Å². The van der Waals surface area contributed by atoms with Crippen molar-refractivity contribution in [3.8, 4) is 0 Å². The maximum atomic E-state index is 12.9. The van der Waals surface area contributed by atoms with Gasteiger partial charge in [0.25, 0.3) is 0 Å². The van der Waals surface area contributed by atoms with Crippen LogP contribution in [-0.4, -0.2) is 53.5 Å². The summed E-state index contributed by atoms with van der Waals surface area (Å²) < 4.78 is 8.86. The molecule has 2 atom stereocenters. The highest BCUT2D eigenvalue weighted by molar-refractivity contribution is 6.27. The number of piperidine rings is 1. The van der Waals surface area contributed by atoms with E-state index >= 15 is 0 Å². The Morgan fingerprint density at radius 3 is 2.90 bits per heavy atom. The molecule has 0 amide bonds. The third-order valence-electron chi connectivity index (χ3n) is 5.52. The fraction of sp³-hybridized carbons (Fsp3) is 0.550. The standard InChI is InChI=1S/C20H26N6O4/c1-25-18-11-14(3-2-9-30-10-8-23-24-21)4-7-17(18)26(20(25)29)15-5-6-16(22-12-15)19(28)13-27/h4,7,11,13,15-16,22H,2-3,5-6,8-10,12H2,1H3. The molecule has 2 unspecified atom stereocenters. The number of hydrogen-bond donors (Lipinski definition) is 1. The number of imidazole rings is 1. The van der Waals surface area contributed by atoms with E-state index in [0.717, 1.165) is 29.4 Å². The number of carbonyl (C=O) groups excluding carboxylic acids is 2. The average Bonchev–Trinajstić information content (AvgIpc) is 3.02. The lowest BCUT2D eigenvalue weighted by atomic mass is 9.98. The zero-order valence-corrected chi connectivity index (χ0v) is 17.0. The Balaban J connectivity index is 1.67. The van der Waals surface area contributed by atoms with E-state index in [1.807, 2.05) is 18.2 Å². The van der Waals surface area contributed by atoms with Crippen LogP contribution in [0.5, 0.6) is 0 Å². The van der Waals surface area contributed by atoms with E-state index < -0.39 is 11.8 Å². The van der Waals surface area contributed by atoms with Gasteiger partial charge in [0.2, 0.25) is 5.78 Å². The molecule has 160 valence electrons. The van der Waals surface area contributed by atoms with Gasteiger partial charge in [0.05, 0.1) is 29.7 Å². The second kappa shape index (κ2) is 10.2. The van der Waals surface area contributed by atoms with Gasteiger partial charge in [0.15, 0.2) is 6.29 Å².